The molecule has 2 N–H and O–H groups in total. The molecule has 0 radical (unpaired) electrons. The van der Waals surface area contributed by atoms with Crippen LogP contribution < -0.4 is 9.64 Å². The maximum atomic E-state index is 10.6. The van der Waals surface area contributed by atoms with Gasteiger partial charge >= 0.3 is 0 Å². The van der Waals surface area contributed by atoms with Crippen LogP contribution in [0.15, 0.2) is 54.6 Å². The van der Waals surface area contributed by atoms with Crippen LogP contribution in [-0.4, -0.2) is 36.9 Å². The predicted octanol–water partition coefficient (Wildman–Crippen LogP) is 3.33. The second-order valence-corrected chi connectivity index (χ2v) is 7.38. The largest absolute Gasteiger partial charge is 0.490 e. The van der Waals surface area contributed by atoms with E-state index in [1.54, 1.807) is 0 Å². The number of aliphatic hydroxyl groups excluding tert-OH is 1. The lowest BCUT2D eigenvalue weighted by molar-refractivity contribution is -0.928. The molecule has 2 aromatic carbocycles. The van der Waals surface area contributed by atoms with Crippen molar-refractivity contribution < 1.29 is 14.7 Å². The summed E-state index contributed by atoms with van der Waals surface area (Å²) in [7, 11) is 0. The molecule has 0 amide bonds. The molecule has 2 aromatic rings. The number of rotatable bonds is 8. The van der Waals surface area contributed by atoms with E-state index in [1.165, 1.54) is 37.0 Å². The number of nitrogens with one attached hydrogen (secondary N) is 1. The molecule has 0 aromatic heterocycles. The van der Waals surface area contributed by atoms with E-state index in [-0.39, 0.29) is 0 Å². The van der Waals surface area contributed by atoms with Gasteiger partial charge in [-0.25, -0.2) is 0 Å². The summed E-state index contributed by atoms with van der Waals surface area (Å²) in [6.45, 7) is 4.42. The highest BCUT2D eigenvalue weighted by molar-refractivity contribution is 5.70. The lowest BCUT2D eigenvalue weighted by Gasteiger charge is -2.31. The Labute approximate surface area is 157 Å². The average Bonchev–Trinajstić information content (AvgIpc) is 2.72. The van der Waals surface area contributed by atoms with Gasteiger partial charge in [-0.05, 0) is 44.2 Å². The van der Waals surface area contributed by atoms with Gasteiger partial charge in [-0.1, -0.05) is 55.0 Å². The molecule has 3 heteroatoms. The standard InChI is InChI=1S/C23H31NO2/c1-2-24(20-13-7-4-8-14-20)17-21(25)18-26-23-16-10-9-15-22(23)19-11-5-3-6-12-19/h3,5-6,9-12,15-16,20-21,25H,2,4,7-8,13-14,17-18H2,1H3/p+1/t21-/m1/s1. The second kappa shape index (κ2) is 9.75. The summed E-state index contributed by atoms with van der Waals surface area (Å²) in [5, 5.41) is 10.6. The maximum Gasteiger partial charge on any atom is 0.137 e. The maximum absolute atomic E-state index is 10.6. The first-order chi connectivity index (χ1) is 12.8. The lowest BCUT2D eigenvalue weighted by atomic mass is 9.94. The molecular weight excluding hydrogens is 322 g/mol. The number of benzene rings is 2. The number of para-hydroxylation sites is 1. The summed E-state index contributed by atoms with van der Waals surface area (Å²) >= 11 is 0. The van der Waals surface area contributed by atoms with Gasteiger partial charge in [0.05, 0.1) is 12.6 Å². The number of aliphatic hydroxyl groups is 1. The van der Waals surface area contributed by atoms with Crippen molar-refractivity contribution >= 4 is 0 Å². The van der Waals surface area contributed by atoms with Crippen LogP contribution in [0, 0.1) is 0 Å². The van der Waals surface area contributed by atoms with Gasteiger partial charge in [-0.15, -0.1) is 0 Å². The minimum absolute atomic E-state index is 0.347. The van der Waals surface area contributed by atoms with Crippen molar-refractivity contribution in [2.45, 2.75) is 51.2 Å². The Kier molecular flexibility index (Phi) is 7.10. The highest BCUT2D eigenvalue weighted by atomic mass is 16.5. The molecule has 1 unspecified atom stereocenters. The van der Waals surface area contributed by atoms with Crippen molar-refractivity contribution in [3.63, 3.8) is 0 Å². The number of hydrogen-bond acceptors (Lipinski definition) is 2. The van der Waals surface area contributed by atoms with Crippen LogP contribution in [0.25, 0.3) is 11.1 Å². The minimum atomic E-state index is -0.435. The Bertz CT molecular complexity index is 652. The molecule has 1 aliphatic rings. The van der Waals surface area contributed by atoms with E-state index in [0.29, 0.717) is 12.6 Å². The van der Waals surface area contributed by atoms with Crippen LogP contribution in [-0.2, 0) is 0 Å². The Morgan fingerprint density at radius 3 is 2.42 bits per heavy atom. The summed E-state index contributed by atoms with van der Waals surface area (Å²) in [5.41, 5.74) is 2.22. The summed E-state index contributed by atoms with van der Waals surface area (Å²) in [6.07, 6.45) is 6.21. The highest BCUT2D eigenvalue weighted by Crippen LogP contribution is 2.29. The predicted molar refractivity (Wildman–Crippen MR) is 107 cm³/mol. The Balaban J connectivity index is 1.58. The quantitative estimate of drug-likeness (QED) is 0.762. The zero-order valence-corrected chi connectivity index (χ0v) is 15.9. The molecule has 0 heterocycles. The van der Waals surface area contributed by atoms with Gasteiger partial charge in [0.1, 0.15) is 25.0 Å². The Morgan fingerprint density at radius 1 is 1.00 bits per heavy atom. The Hall–Kier alpha value is -1.84. The molecule has 0 bridgehead atoms. The van der Waals surface area contributed by atoms with Gasteiger partial charge in [0.2, 0.25) is 0 Å². The highest BCUT2D eigenvalue weighted by Gasteiger charge is 2.25. The molecule has 140 valence electrons. The van der Waals surface area contributed by atoms with Crippen molar-refractivity contribution in [2.24, 2.45) is 0 Å². The van der Waals surface area contributed by atoms with Crippen LogP contribution in [0.1, 0.15) is 39.0 Å². The van der Waals surface area contributed by atoms with Crippen LogP contribution >= 0.6 is 0 Å². The third-order valence-corrected chi connectivity index (χ3v) is 5.54. The van der Waals surface area contributed by atoms with Crippen molar-refractivity contribution in [3.05, 3.63) is 54.6 Å². The summed E-state index contributed by atoms with van der Waals surface area (Å²) < 4.78 is 6.02. The van der Waals surface area contributed by atoms with Gasteiger partial charge in [0, 0.05) is 5.56 Å². The summed E-state index contributed by atoms with van der Waals surface area (Å²) in [4.78, 5) is 1.53. The van der Waals surface area contributed by atoms with Crippen LogP contribution in [0.3, 0.4) is 0 Å². The SMILES string of the molecule is CC[NH+](C[C@@H](O)COc1ccccc1-c1ccccc1)C1CCCCC1. The minimum Gasteiger partial charge on any atom is -0.490 e. The van der Waals surface area contributed by atoms with Crippen LogP contribution in [0.2, 0.25) is 0 Å². The van der Waals surface area contributed by atoms with Crippen molar-refractivity contribution in [3.8, 4) is 16.9 Å². The lowest BCUT2D eigenvalue weighted by Crippen LogP contribution is -3.16. The van der Waals surface area contributed by atoms with Gasteiger partial charge < -0.3 is 14.7 Å². The molecule has 2 atom stereocenters. The van der Waals surface area contributed by atoms with E-state index in [4.69, 9.17) is 4.74 Å². The molecule has 1 saturated carbocycles. The van der Waals surface area contributed by atoms with Gasteiger partial charge in [0.15, 0.2) is 0 Å². The van der Waals surface area contributed by atoms with E-state index in [1.807, 2.05) is 36.4 Å². The average molecular weight is 355 g/mol. The summed E-state index contributed by atoms with van der Waals surface area (Å²) in [5.74, 6) is 0.841. The molecule has 26 heavy (non-hydrogen) atoms. The van der Waals surface area contributed by atoms with Gasteiger partial charge in [-0.2, -0.15) is 0 Å². The molecule has 1 fully saturated rings. The molecule has 0 saturated heterocycles. The monoisotopic (exact) mass is 354 g/mol. The molecule has 3 nitrogen and oxygen atoms in total. The molecule has 3 rings (SSSR count). The zero-order valence-electron chi connectivity index (χ0n) is 15.9. The van der Waals surface area contributed by atoms with Crippen LogP contribution in [0.5, 0.6) is 5.75 Å². The molecule has 0 aliphatic heterocycles. The second-order valence-electron chi connectivity index (χ2n) is 7.38. The van der Waals surface area contributed by atoms with E-state index in [0.717, 1.165) is 30.0 Å². The van der Waals surface area contributed by atoms with Gasteiger partial charge in [-0.3, -0.25) is 0 Å². The molecular formula is C23H32NO2+. The van der Waals surface area contributed by atoms with Crippen LogP contribution in [0.4, 0.5) is 0 Å². The first-order valence-electron chi connectivity index (χ1n) is 10.1. The van der Waals surface area contributed by atoms with Crippen molar-refractivity contribution in [1.82, 2.24) is 0 Å². The van der Waals surface area contributed by atoms with E-state index in [9.17, 15) is 5.11 Å². The third kappa shape index (κ3) is 5.09. The number of ether oxygens (including phenoxy) is 1. The van der Waals surface area contributed by atoms with E-state index >= 15 is 0 Å². The van der Waals surface area contributed by atoms with Gasteiger partial charge in [0.25, 0.3) is 0 Å². The zero-order chi connectivity index (χ0) is 18.2. The third-order valence-electron chi connectivity index (χ3n) is 5.54. The number of hydrogen-bond donors (Lipinski definition) is 2. The fraction of sp³-hybridized carbons (Fsp3) is 0.478. The number of quaternary nitrogens is 1. The Morgan fingerprint density at radius 2 is 1.69 bits per heavy atom. The van der Waals surface area contributed by atoms with Crippen molar-refractivity contribution in [2.75, 3.05) is 19.7 Å². The smallest absolute Gasteiger partial charge is 0.137 e. The van der Waals surface area contributed by atoms with E-state index in [2.05, 4.69) is 25.1 Å². The molecule has 0 spiro atoms. The fourth-order valence-electron chi connectivity index (χ4n) is 4.11. The van der Waals surface area contributed by atoms with E-state index < -0.39 is 6.10 Å². The first-order valence-corrected chi connectivity index (χ1v) is 10.1. The topological polar surface area (TPSA) is 33.9 Å². The fourth-order valence-corrected chi connectivity index (χ4v) is 4.11. The number of likely N-dealkylation sites (N-methyl/N-ethyl adjacent to an activating group) is 1. The van der Waals surface area contributed by atoms with Crippen molar-refractivity contribution in [1.29, 1.82) is 0 Å². The molecule has 1 aliphatic carbocycles. The summed E-state index contributed by atoms with van der Waals surface area (Å²) in [6, 6.07) is 19.0. The first kappa shape index (κ1) is 18.9. The normalized spacial score (nSPS) is 17.6.